The number of aliphatic carboxylic acids is 1. The van der Waals surface area contributed by atoms with Gasteiger partial charge in [0.2, 0.25) is 11.8 Å². The lowest BCUT2D eigenvalue weighted by molar-refractivity contribution is -0.141. The lowest BCUT2D eigenvalue weighted by Crippen LogP contribution is -2.55. The first-order chi connectivity index (χ1) is 13.8. The number of hydrogen-bond donors (Lipinski definition) is 5. The second-order valence-electron chi connectivity index (χ2n) is 6.80. The Balaban J connectivity index is 2.10. The summed E-state index contributed by atoms with van der Waals surface area (Å²) in [5.41, 5.74) is 7.56. The van der Waals surface area contributed by atoms with Gasteiger partial charge in [-0.1, -0.05) is 42.5 Å². The van der Waals surface area contributed by atoms with Crippen LogP contribution < -0.4 is 16.4 Å². The highest BCUT2D eigenvalue weighted by Crippen LogP contribution is 2.12. The molecule has 2 aromatic carbocycles. The Hall–Kier alpha value is -3.39. The molecule has 2 amide bonds. The second-order valence-corrected chi connectivity index (χ2v) is 6.80. The molecule has 3 unspecified atom stereocenters. The van der Waals surface area contributed by atoms with Gasteiger partial charge < -0.3 is 26.6 Å². The summed E-state index contributed by atoms with van der Waals surface area (Å²) >= 11 is 0. The van der Waals surface area contributed by atoms with Crippen LogP contribution in [0.3, 0.4) is 0 Å². The molecule has 0 bridgehead atoms. The number of carboxylic acids is 1. The van der Waals surface area contributed by atoms with Crippen LogP contribution in [0.5, 0.6) is 5.75 Å². The molecule has 0 saturated carbocycles. The standard InChI is InChI=1S/C21H25N3O5/c1-13(21(28)29)23-20(27)18(12-15-7-9-16(25)10-8-15)24-19(26)17(22)11-14-5-3-2-4-6-14/h2-10,13,17-18,25H,11-12,22H2,1H3,(H,23,27)(H,24,26)(H,28,29). The number of carboxylic acid groups (broad SMARTS) is 1. The quantitative estimate of drug-likeness (QED) is 0.418. The first-order valence-corrected chi connectivity index (χ1v) is 9.17. The Kier molecular flexibility index (Phi) is 7.73. The minimum absolute atomic E-state index is 0.0724. The van der Waals surface area contributed by atoms with Crippen LogP contribution in [-0.2, 0) is 27.2 Å². The molecule has 154 valence electrons. The number of carbonyl (C=O) groups excluding carboxylic acids is 2. The maximum atomic E-state index is 12.6. The molecule has 0 saturated heterocycles. The van der Waals surface area contributed by atoms with Gasteiger partial charge in [-0.2, -0.15) is 0 Å². The molecule has 2 rings (SSSR count). The average molecular weight is 399 g/mol. The third-order valence-corrected chi connectivity index (χ3v) is 4.37. The molecule has 2 aromatic rings. The van der Waals surface area contributed by atoms with Gasteiger partial charge in [0.1, 0.15) is 17.8 Å². The number of benzene rings is 2. The lowest BCUT2D eigenvalue weighted by atomic mass is 10.0. The van der Waals surface area contributed by atoms with Crippen LogP contribution in [0.15, 0.2) is 54.6 Å². The topological polar surface area (TPSA) is 142 Å². The maximum Gasteiger partial charge on any atom is 0.325 e. The molecule has 8 heteroatoms. The van der Waals surface area contributed by atoms with Gasteiger partial charge in [-0.05, 0) is 36.6 Å². The van der Waals surface area contributed by atoms with Crippen LogP contribution in [-0.4, -0.2) is 46.1 Å². The van der Waals surface area contributed by atoms with Crippen LogP contribution in [0.2, 0.25) is 0 Å². The van der Waals surface area contributed by atoms with Crippen molar-refractivity contribution >= 4 is 17.8 Å². The molecule has 0 fully saturated rings. The molecule has 8 nitrogen and oxygen atoms in total. The van der Waals surface area contributed by atoms with E-state index >= 15 is 0 Å². The van der Waals surface area contributed by atoms with E-state index in [1.165, 1.54) is 19.1 Å². The summed E-state index contributed by atoms with van der Waals surface area (Å²) in [6.07, 6.45) is 0.411. The summed E-state index contributed by atoms with van der Waals surface area (Å²) in [5.74, 6) is -2.26. The Morgan fingerprint density at radius 2 is 1.48 bits per heavy atom. The van der Waals surface area contributed by atoms with Gasteiger partial charge in [0, 0.05) is 6.42 Å². The van der Waals surface area contributed by atoms with Crippen LogP contribution in [0.4, 0.5) is 0 Å². The summed E-state index contributed by atoms with van der Waals surface area (Å²) in [6, 6.07) is 12.4. The summed E-state index contributed by atoms with van der Waals surface area (Å²) in [6.45, 7) is 1.33. The molecular formula is C21H25N3O5. The third-order valence-electron chi connectivity index (χ3n) is 4.37. The van der Waals surface area contributed by atoms with E-state index in [9.17, 15) is 19.5 Å². The van der Waals surface area contributed by atoms with Crippen molar-refractivity contribution in [2.75, 3.05) is 0 Å². The van der Waals surface area contributed by atoms with Crippen LogP contribution in [0.25, 0.3) is 0 Å². The van der Waals surface area contributed by atoms with Gasteiger partial charge in [0.05, 0.1) is 6.04 Å². The first-order valence-electron chi connectivity index (χ1n) is 9.17. The third kappa shape index (κ3) is 6.93. The van der Waals surface area contributed by atoms with E-state index < -0.39 is 35.9 Å². The van der Waals surface area contributed by atoms with E-state index in [0.717, 1.165) is 5.56 Å². The number of phenols is 1. The van der Waals surface area contributed by atoms with Crippen molar-refractivity contribution in [3.63, 3.8) is 0 Å². The van der Waals surface area contributed by atoms with Crippen LogP contribution in [0.1, 0.15) is 18.1 Å². The minimum Gasteiger partial charge on any atom is -0.508 e. The van der Waals surface area contributed by atoms with Crippen molar-refractivity contribution < 1.29 is 24.6 Å². The number of hydrogen-bond acceptors (Lipinski definition) is 5. The van der Waals surface area contributed by atoms with Crippen LogP contribution >= 0.6 is 0 Å². The zero-order valence-electron chi connectivity index (χ0n) is 16.0. The molecular weight excluding hydrogens is 374 g/mol. The summed E-state index contributed by atoms with van der Waals surface area (Å²) < 4.78 is 0. The highest BCUT2D eigenvalue weighted by atomic mass is 16.4. The number of phenolic OH excluding ortho intramolecular Hbond substituents is 1. The number of aromatic hydroxyl groups is 1. The van der Waals surface area contributed by atoms with Gasteiger partial charge in [0.15, 0.2) is 0 Å². The largest absolute Gasteiger partial charge is 0.508 e. The zero-order valence-corrected chi connectivity index (χ0v) is 16.0. The fraction of sp³-hybridized carbons (Fsp3) is 0.286. The van der Waals surface area contributed by atoms with Gasteiger partial charge in [-0.25, -0.2) is 0 Å². The predicted molar refractivity (Wildman–Crippen MR) is 107 cm³/mol. The lowest BCUT2D eigenvalue weighted by Gasteiger charge is -2.22. The minimum atomic E-state index is -1.19. The zero-order chi connectivity index (χ0) is 21.4. The number of nitrogens with one attached hydrogen (secondary N) is 2. The summed E-state index contributed by atoms with van der Waals surface area (Å²) in [4.78, 5) is 36.2. The Labute approximate surface area is 168 Å². The van der Waals surface area contributed by atoms with E-state index in [0.29, 0.717) is 12.0 Å². The number of nitrogens with two attached hydrogens (primary N) is 1. The Morgan fingerprint density at radius 1 is 0.897 bits per heavy atom. The summed E-state index contributed by atoms with van der Waals surface area (Å²) in [5, 5.41) is 23.4. The highest BCUT2D eigenvalue weighted by molar-refractivity contribution is 5.92. The Morgan fingerprint density at radius 3 is 2.07 bits per heavy atom. The molecule has 0 aliphatic heterocycles. The molecule has 0 heterocycles. The molecule has 0 aliphatic carbocycles. The normalized spacial score (nSPS) is 13.7. The maximum absolute atomic E-state index is 12.6. The van der Waals surface area contributed by atoms with Crippen molar-refractivity contribution in [3.05, 3.63) is 65.7 Å². The van der Waals surface area contributed by atoms with E-state index in [1.807, 2.05) is 30.3 Å². The number of carbonyl (C=O) groups is 3. The van der Waals surface area contributed by atoms with Gasteiger partial charge in [0.25, 0.3) is 0 Å². The number of amides is 2. The van der Waals surface area contributed by atoms with Crippen molar-refractivity contribution in [1.82, 2.24) is 10.6 Å². The predicted octanol–water partition coefficient (Wildman–Crippen LogP) is 0.579. The molecule has 29 heavy (non-hydrogen) atoms. The van der Waals surface area contributed by atoms with E-state index in [-0.39, 0.29) is 12.2 Å². The van der Waals surface area contributed by atoms with Crippen LogP contribution in [0, 0.1) is 0 Å². The van der Waals surface area contributed by atoms with Gasteiger partial charge >= 0.3 is 5.97 Å². The molecule has 0 aromatic heterocycles. The van der Waals surface area contributed by atoms with E-state index in [4.69, 9.17) is 10.8 Å². The SMILES string of the molecule is CC(NC(=O)C(Cc1ccc(O)cc1)NC(=O)C(N)Cc1ccccc1)C(=O)O. The molecule has 6 N–H and O–H groups in total. The van der Waals surface area contributed by atoms with Crippen molar-refractivity contribution in [3.8, 4) is 5.75 Å². The fourth-order valence-corrected chi connectivity index (χ4v) is 2.69. The van der Waals surface area contributed by atoms with Gasteiger partial charge in [-0.15, -0.1) is 0 Å². The summed E-state index contributed by atoms with van der Waals surface area (Å²) in [7, 11) is 0. The number of rotatable bonds is 9. The highest BCUT2D eigenvalue weighted by Gasteiger charge is 2.26. The fourth-order valence-electron chi connectivity index (χ4n) is 2.69. The molecule has 0 radical (unpaired) electrons. The van der Waals surface area contributed by atoms with E-state index in [1.54, 1.807) is 12.1 Å². The molecule has 0 aliphatic rings. The molecule has 3 atom stereocenters. The second kappa shape index (κ2) is 10.2. The Bertz CT molecular complexity index is 839. The van der Waals surface area contributed by atoms with Crippen molar-refractivity contribution in [2.24, 2.45) is 5.73 Å². The van der Waals surface area contributed by atoms with Crippen molar-refractivity contribution in [2.45, 2.75) is 37.9 Å². The van der Waals surface area contributed by atoms with E-state index in [2.05, 4.69) is 10.6 Å². The average Bonchev–Trinajstić information content (AvgIpc) is 2.69. The van der Waals surface area contributed by atoms with Crippen molar-refractivity contribution in [1.29, 1.82) is 0 Å². The molecule has 0 spiro atoms. The first kappa shape index (κ1) is 21.9. The monoisotopic (exact) mass is 399 g/mol. The smallest absolute Gasteiger partial charge is 0.325 e. The van der Waals surface area contributed by atoms with Gasteiger partial charge in [-0.3, -0.25) is 14.4 Å².